The highest BCUT2D eigenvalue weighted by Gasteiger charge is 2.08. The third-order valence-electron chi connectivity index (χ3n) is 1.15. The van der Waals surface area contributed by atoms with E-state index < -0.39 is 0 Å². The van der Waals surface area contributed by atoms with Gasteiger partial charge >= 0.3 is 0 Å². The van der Waals surface area contributed by atoms with Crippen molar-refractivity contribution in [1.29, 1.82) is 0 Å². The first kappa shape index (κ1) is 10.0. The second-order valence-corrected chi connectivity index (χ2v) is 5.18. The molecule has 0 saturated heterocycles. The van der Waals surface area contributed by atoms with E-state index in [9.17, 15) is 0 Å². The molecule has 2 N–H and O–H groups in total. The average Bonchev–Trinajstić information content (AvgIpc) is 1.97. The van der Waals surface area contributed by atoms with Gasteiger partial charge in [-0.15, -0.1) is 0 Å². The standard InChI is InChI=1S/C6H3Br4N/c7-2-1-3(8)6(11)5(10)4(2)9/h1H,11H2. The summed E-state index contributed by atoms with van der Waals surface area (Å²) in [7, 11) is 0. The van der Waals surface area contributed by atoms with E-state index in [1.165, 1.54) is 0 Å². The highest BCUT2D eigenvalue weighted by Crippen LogP contribution is 2.39. The van der Waals surface area contributed by atoms with Crippen LogP contribution in [-0.2, 0) is 0 Å². The van der Waals surface area contributed by atoms with Gasteiger partial charge in [0.1, 0.15) is 0 Å². The van der Waals surface area contributed by atoms with Gasteiger partial charge in [0.15, 0.2) is 0 Å². The van der Waals surface area contributed by atoms with E-state index in [1.807, 2.05) is 6.07 Å². The SMILES string of the molecule is Nc1c(Br)cc(Br)c(Br)c1Br. The van der Waals surface area contributed by atoms with Crippen LogP contribution in [0.1, 0.15) is 0 Å². The van der Waals surface area contributed by atoms with Gasteiger partial charge in [-0.2, -0.15) is 0 Å². The predicted molar refractivity (Wildman–Crippen MR) is 61.7 cm³/mol. The summed E-state index contributed by atoms with van der Waals surface area (Å²) in [6.45, 7) is 0. The minimum Gasteiger partial charge on any atom is -0.397 e. The third-order valence-corrected chi connectivity index (χ3v) is 5.14. The van der Waals surface area contributed by atoms with Crippen LogP contribution in [0.3, 0.4) is 0 Å². The largest absolute Gasteiger partial charge is 0.397 e. The van der Waals surface area contributed by atoms with Crippen LogP contribution in [0.5, 0.6) is 0 Å². The molecule has 0 aliphatic rings. The average molecular weight is 409 g/mol. The van der Waals surface area contributed by atoms with Gasteiger partial charge in [0.2, 0.25) is 0 Å². The maximum atomic E-state index is 5.71. The number of nitrogen functional groups attached to an aromatic ring is 1. The Kier molecular flexibility index (Phi) is 3.43. The zero-order valence-electron chi connectivity index (χ0n) is 5.17. The first-order valence-electron chi connectivity index (χ1n) is 2.62. The number of nitrogens with two attached hydrogens (primary N) is 1. The van der Waals surface area contributed by atoms with Crippen LogP contribution in [0.15, 0.2) is 24.0 Å². The Balaban J connectivity index is 3.46. The molecule has 1 rings (SSSR count). The fourth-order valence-electron chi connectivity index (χ4n) is 0.580. The molecule has 0 radical (unpaired) electrons. The molecule has 0 bridgehead atoms. The molecule has 0 aliphatic heterocycles. The van der Waals surface area contributed by atoms with Crippen molar-refractivity contribution >= 4 is 69.4 Å². The van der Waals surface area contributed by atoms with Crippen molar-refractivity contribution in [2.24, 2.45) is 0 Å². The Hall–Kier alpha value is 0.940. The number of halogens is 4. The molecule has 0 heterocycles. The van der Waals surface area contributed by atoms with E-state index >= 15 is 0 Å². The summed E-state index contributed by atoms with van der Waals surface area (Å²) in [6, 6.07) is 1.89. The van der Waals surface area contributed by atoms with E-state index in [4.69, 9.17) is 5.73 Å². The molecule has 0 spiro atoms. The van der Waals surface area contributed by atoms with E-state index in [0.717, 1.165) is 17.9 Å². The van der Waals surface area contributed by atoms with Crippen molar-refractivity contribution in [2.75, 3.05) is 5.73 Å². The topological polar surface area (TPSA) is 26.0 Å². The molecule has 5 heteroatoms. The second-order valence-electron chi connectivity index (χ2n) is 1.88. The fourth-order valence-corrected chi connectivity index (χ4v) is 3.03. The second kappa shape index (κ2) is 3.77. The van der Waals surface area contributed by atoms with E-state index in [0.29, 0.717) is 5.69 Å². The van der Waals surface area contributed by atoms with Crippen molar-refractivity contribution in [3.8, 4) is 0 Å². The minimum atomic E-state index is 0.695. The van der Waals surface area contributed by atoms with Gasteiger partial charge in [0.25, 0.3) is 0 Å². The number of rotatable bonds is 0. The van der Waals surface area contributed by atoms with Crippen LogP contribution >= 0.6 is 63.7 Å². The van der Waals surface area contributed by atoms with E-state index in [1.54, 1.807) is 0 Å². The van der Waals surface area contributed by atoms with Crippen LogP contribution < -0.4 is 5.73 Å². The van der Waals surface area contributed by atoms with Crippen LogP contribution in [0.25, 0.3) is 0 Å². The molecule has 1 nitrogen and oxygen atoms in total. The molecule has 0 saturated carbocycles. The monoisotopic (exact) mass is 405 g/mol. The van der Waals surface area contributed by atoms with E-state index in [-0.39, 0.29) is 0 Å². The van der Waals surface area contributed by atoms with Crippen molar-refractivity contribution in [2.45, 2.75) is 0 Å². The van der Waals surface area contributed by atoms with Crippen LogP contribution in [0, 0.1) is 0 Å². The van der Waals surface area contributed by atoms with Gasteiger partial charge in [0, 0.05) is 13.4 Å². The van der Waals surface area contributed by atoms with Crippen LogP contribution in [0.2, 0.25) is 0 Å². The number of benzene rings is 1. The molecule has 1 aromatic carbocycles. The number of hydrogen-bond donors (Lipinski definition) is 1. The predicted octanol–water partition coefficient (Wildman–Crippen LogP) is 4.32. The van der Waals surface area contributed by atoms with Crippen molar-refractivity contribution in [1.82, 2.24) is 0 Å². The molecule has 0 unspecified atom stereocenters. The molecule has 0 amide bonds. The molecule has 0 fully saturated rings. The maximum absolute atomic E-state index is 5.71. The van der Waals surface area contributed by atoms with Gasteiger partial charge in [-0.25, -0.2) is 0 Å². The summed E-state index contributed by atoms with van der Waals surface area (Å²) in [5, 5.41) is 0. The number of hydrogen-bond acceptors (Lipinski definition) is 1. The number of anilines is 1. The summed E-state index contributed by atoms with van der Waals surface area (Å²) in [4.78, 5) is 0. The lowest BCUT2D eigenvalue weighted by Crippen LogP contribution is -1.89. The van der Waals surface area contributed by atoms with Crippen molar-refractivity contribution in [3.63, 3.8) is 0 Å². The maximum Gasteiger partial charge on any atom is 0.0615 e. The molecule has 0 aromatic heterocycles. The Labute approximate surface area is 98.2 Å². The summed E-state index contributed by atoms with van der Waals surface area (Å²) in [6.07, 6.45) is 0. The Morgan fingerprint density at radius 2 is 1.45 bits per heavy atom. The Morgan fingerprint density at radius 1 is 0.909 bits per heavy atom. The Bertz CT molecular complexity index is 271. The third kappa shape index (κ3) is 1.99. The lowest BCUT2D eigenvalue weighted by Gasteiger charge is -2.05. The minimum absolute atomic E-state index is 0.695. The normalized spacial score (nSPS) is 10.2. The zero-order chi connectivity index (χ0) is 8.59. The summed E-state index contributed by atoms with van der Waals surface area (Å²) < 4.78 is 3.63. The fraction of sp³-hybridized carbons (Fsp3) is 0. The molecule has 11 heavy (non-hydrogen) atoms. The summed E-state index contributed by atoms with van der Waals surface area (Å²) in [5.41, 5.74) is 6.40. The summed E-state index contributed by atoms with van der Waals surface area (Å²) in [5.74, 6) is 0. The molecule has 0 aliphatic carbocycles. The zero-order valence-corrected chi connectivity index (χ0v) is 11.5. The van der Waals surface area contributed by atoms with E-state index in [2.05, 4.69) is 63.7 Å². The molecule has 60 valence electrons. The van der Waals surface area contributed by atoms with Crippen LogP contribution in [0.4, 0.5) is 5.69 Å². The molecule has 1 aromatic rings. The first-order chi connectivity index (χ1) is 5.04. The van der Waals surface area contributed by atoms with Crippen molar-refractivity contribution < 1.29 is 0 Å². The first-order valence-corrected chi connectivity index (χ1v) is 5.79. The lowest BCUT2D eigenvalue weighted by molar-refractivity contribution is 1.50. The summed E-state index contributed by atoms with van der Waals surface area (Å²) >= 11 is 13.4. The van der Waals surface area contributed by atoms with Gasteiger partial charge in [-0.1, -0.05) is 0 Å². The van der Waals surface area contributed by atoms with Gasteiger partial charge in [0.05, 0.1) is 10.2 Å². The lowest BCUT2D eigenvalue weighted by atomic mass is 10.3. The Morgan fingerprint density at radius 3 is 2.00 bits per heavy atom. The van der Waals surface area contributed by atoms with Gasteiger partial charge in [-0.3, -0.25) is 0 Å². The smallest absolute Gasteiger partial charge is 0.0615 e. The molecular weight excluding hydrogens is 406 g/mol. The van der Waals surface area contributed by atoms with Gasteiger partial charge < -0.3 is 5.73 Å². The van der Waals surface area contributed by atoms with Crippen molar-refractivity contribution in [3.05, 3.63) is 24.0 Å². The van der Waals surface area contributed by atoms with Gasteiger partial charge in [-0.05, 0) is 69.8 Å². The van der Waals surface area contributed by atoms with Crippen LogP contribution in [-0.4, -0.2) is 0 Å². The highest BCUT2D eigenvalue weighted by molar-refractivity contribution is 9.14. The highest BCUT2D eigenvalue weighted by atomic mass is 79.9. The molecule has 0 atom stereocenters. The molecular formula is C6H3Br4N. The quantitative estimate of drug-likeness (QED) is 0.386.